The van der Waals surface area contributed by atoms with Gasteiger partial charge in [0.25, 0.3) is 5.91 Å². The van der Waals surface area contributed by atoms with Gasteiger partial charge in [0.1, 0.15) is 29.7 Å². The lowest BCUT2D eigenvalue weighted by Crippen LogP contribution is -2.13. The zero-order chi connectivity index (χ0) is 23.8. The molecule has 0 radical (unpaired) electrons. The van der Waals surface area contributed by atoms with Gasteiger partial charge in [-0.2, -0.15) is 5.26 Å². The number of anilines is 1. The zero-order valence-corrected chi connectivity index (χ0v) is 21.3. The van der Waals surface area contributed by atoms with Crippen LogP contribution in [0.15, 0.2) is 81.2 Å². The first-order chi connectivity index (χ1) is 15.8. The molecule has 0 saturated heterocycles. The number of nitriles is 1. The first-order valence-corrected chi connectivity index (χ1v) is 11.8. The Kier molecular flexibility index (Phi) is 8.70. The summed E-state index contributed by atoms with van der Waals surface area (Å²) < 4.78 is 13.2. The molecule has 1 amide bonds. The van der Waals surface area contributed by atoms with E-state index >= 15 is 0 Å². The third-order valence-electron chi connectivity index (χ3n) is 4.43. The summed E-state index contributed by atoms with van der Waals surface area (Å²) in [4.78, 5) is 12.6. The molecule has 1 N–H and O–H groups in total. The molecule has 3 aromatic carbocycles. The van der Waals surface area contributed by atoms with Gasteiger partial charge in [-0.15, -0.1) is 0 Å². The van der Waals surface area contributed by atoms with Crippen LogP contribution in [0.25, 0.3) is 6.08 Å². The molecule has 0 heterocycles. The fraction of sp³-hybridized carbons (Fsp3) is 0.154. The standard InChI is InChI=1S/C26H22Br2N2O3/c1-17(2)33-25-12-5-19(14-24(25)28)13-20(15-29)26(31)30-22-8-10-23(11-9-22)32-16-18-3-6-21(27)7-4-18/h3-14,17H,16H2,1-2H3,(H,30,31)/b20-13+. The lowest BCUT2D eigenvalue weighted by Gasteiger charge is -2.12. The van der Waals surface area contributed by atoms with Crippen LogP contribution in [0, 0.1) is 11.3 Å². The summed E-state index contributed by atoms with van der Waals surface area (Å²) in [6.07, 6.45) is 1.58. The Hall–Kier alpha value is -3.08. The molecular weight excluding hydrogens is 548 g/mol. The van der Waals surface area contributed by atoms with Gasteiger partial charge >= 0.3 is 0 Å². The summed E-state index contributed by atoms with van der Waals surface area (Å²) >= 11 is 6.87. The third-order valence-corrected chi connectivity index (χ3v) is 5.57. The van der Waals surface area contributed by atoms with Crippen LogP contribution in [0.2, 0.25) is 0 Å². The van der Waals surface area contributed by atoms with Crippen LogP contribution in [0.5, 0.6) is 11.5 Å². The quantitative estimate of drug-likeness (QED) is 0.231. The highest BCUT2D eigenvalue weighted by atomic mass is 79.9. The van der Waals surface area contributed by atoms with Crippen LogP contribution in [-0.4, -0.2) is 12.0 Å². The first kappa shape index (κ1) is 24.6. The minimum Gasteiger partial charge on any atom is -0.490 e. The molecule has 3 aromatic rings. The van der Waals surface area contributed by atoms with Crippen molar-refractivity contribution in [3.8, 4) is 17.6 Å². The molecule has 0 fully saturated rings. The average molecular weight is 570 g/mol. The Morgan fingerprint density at radius 3 is 2.36 bits per heavy atom. The summed E-state index contributed by atoms with van der Waals surface area (Å²) in [6.45, 7) is 4.33. The summed E-state index contributed by atoms with van der Waals surface area (Å²) in [6, 6.07) is 22.3. The van der Waals surface area contributed by atoms with Crippen LogP contribution in [-0.2, 0) is 11.4 Å². The van der Waals surface area contributed by atoms with Crippen molar-refractivity contribution in [1.29, 1.82) is 5.26 Å². The third kappa shape index (κ3) is 7.48. The van der Waals surface area contributed by atoms with Gasteiger partial charge in [-0.3, -0.25) is 4.79 Å². The number of hydrogen-bond donors (Lipinski definition) is 1. The highest BCUT2D eigenvalue weighted by molar-refractivity contribution is 9.10. The van der Waals surface area contributed by atoms with Crippen LogP contribution < -0.4 is 14.8 Å². The van der Waals surface area contributed by atoms with Gasteiger partial charge in [0, 0.05) is 10.2 Å². The van der Waals surface area contributed by atoms with E-state index in [1.807, 2.05) is 44.2 Å². The zero-order valence-electron chi connectivity index (χ0n) is 18.1. The molecule has 7 heteroatoms. The first-order valence-electron chi connectivity index (χ1n) is 10.2. The van der Waals surface area contributed by atoms with E-state index in [1.54, 1.807) is 42.5 Å². The van der Waals surface area contributed by atoms with Gasteiger partial charge in [0.2, 0.25) is 0 Å². The SMILES string of the molecule is CC(C)Oc1ccc(/C=C(\C#N)C(=O)Nc2ccc(OCc3ccc(Br)cc3)cc2)cc1Br. The van der Waals surface area contributed by atoms with E-state index in [0.717, 1.165) is 14.5 Å². The Morgan fingerprint density at radius 2 is 1.76 bits per heavy atom. The topological polar surface area (TPSA) is 71.3 Å². The van der Waals surface area contributed by atoms with Crippen LogP contribution in [0.1, 0.15) is 25.0 Å². The number of nitrogens with one attached hydrogen (secondary N) is 1. The molecule has 0 spiro atoms. The normalized spacial score (nSPS) is 11.1. The van der Waals surface area contributed by atoms with E-state index in [4.69, 9.17) is 9.47 Å². The maximum Gasteiger partial charge on any atom is 0.266 e. The number of halogens is 2. The Balaban J connectivity index is 1.62. The number of carbonyl (C=O) groups is 1. The van der Waals surface area contributed by atoms with Gasteiger partial charge in [-0.1, -0.05) is 34.1 Å². The van der Waals surface area contributed by atoms with Gasteiger partial charge in [0.05, 0.1) is 10.6 Å². The lowest BCUT2D eigenvalue weighted by atomic mass is 10.1. The van der Waals surface area contributed by atoms with Gasteiger partial charge in [0.15, 0.2) is 0 Å². The van der Waals surface area contributed by atoms with Gasteiger partial charge in [-0.25, -0.2) is 0 Å². The van der Waals surface area contributed by atoms with E-state index in [0.29, 0.717) is 29.4 Å². The van der Waals surface area contributed by atoms with E-state index in [-0.39, 0.29) is 11.7 Å². The number of ether oxygens (including phenoxy) is 2. The maximum absolute atomic E-state index is 12.6. The van der Waals surface area contributed by atoms with Crippen LogP contribution >= 0.6 is 31.9 Å². The second kappa shape index (κ2) is 11.7. The van der Waals surface area contributed by atoms with Crippen molar-refractivity contribution >= 4 is 49.5 Å². The minimum absolute atomic E-state index is 0.00464. The summed E-state index contributed by atoms with van der Waals surface area (Å²) in [5, 5.41) is 12.2. The smallest absolute Gasteiger partial charge is 0.266 e. The maximum atomic E-state index is 12.6. The molecule has 3 rings (SSSR count). The summed E-state index contributed by atoms with van der Waals surface area (Å²) in [5.74, 6) is 0.896. The number of carbonyl (C=O) groups excluding carboxylic acids is 1. The number of rotatable bonds is 8. The van der Waals surface area contributed by atoms with Crippen molar-refractivity contribution in [2.45, 2.75) is 26.6 Å². The number of benzene rings is 3. The molecule has 5 nitrogen and oxygen atoms in total. The highest BCUT2D eigenvalue weighted by Gasteiger charge is 2.11. The summed E-state index contributed by atoms with van der Waals surface area (Å²) in [7, 11) is 0. The fourth-order valence-corrected chi connectivity index (χ4v) is 3.61. The molecule has 0 aliphatic heterocycles. The van der Waals surface area contributed by atoms with E-state index in [2.05, 4.69) is 37.2 Å². The van der Waals surface area contributed by atoms with E-state index in [9.17, 15) is 10.1 Å². The Morgan fingerprint density at radius 1 is 1.06 bits per heavy atom. The predicted molar refractivity (Wildman–Crippen MR) is 137 cm³/mol. The monoisotopic (exact) mass is 568 g/mol. The van der Waals surface area contributed by atoms with Gasteiger partial charge < -0.3 is 14.8 Å². The van der Waals surface area contributed by atoms with Gasteiger partial charge in [-0.05, 0) is 95.5 Å². The van der Waals surface area contributed by atoms with Crippen molar-refractivity contribution in [3.05, 3.63) is 92.4 Å². The molecule has 0 atom stereocenters. The van der Waals surface area contributed by atoms with Crippen LogP contribution in [0.4, 0.5) is 5.69 Å². The molecule has 0 bridgehead atoms. The van der Waals surface area contributed by atoms with E-state index in [1.165, 1.54) is 6.08 Å². The van der Waals surface area contributed by atoms with Crippen molar-refractivity contribution in [2.75, 3.05) is 5.32 Å². The van der Waals surface area contributed by atoms with Crippen molar-refractivity contribution in [3.63, 3.8) is 0 Å². The Bertz CT molecular complexity index is 1180. The molecule has 0 unspecified atom stereocenters. The second-order valence-corrected chi connectivity index (χ2v) is 9.19. The molecular formula is C26H22Br2N2O3. The number of amides is 1. The second-order valence-electron chi connectivity index (χ2n) is 7.42. The molecule has 0 saturated carbocycles. The minimum atomic E-state index is -0.486. The van der Waals surface area contributed by atoms with Crippen molar-refractivity contribution < 1.29 is 14.3 Å². The number of nitrogens with zero attached hydrogens (tertiary/aromatic N) is 1. The summed E-state index contributed by atoms with van der Waals surface area (Å²) in [5.41, 5.74) is 2.32. The largest absolute Gasteiger partial charge is 0.490 e. The fourth-order valence-electron chi connectivity index (χ4n) is 2.85. The average Bonchev–Trinajstić information content (AvgIpc) is 2.79. The van der Waals surface area contributed by atoms with Crippen LogP contribution in [0.3, 0.4) is 0 Å². The molecule has 0 aliphatic rings. The van der Waals surface area contributed by atoms with E-state index < -0.39 is 5.91 Å². The molecule has 168 valence electrons. The predicted octanol–water partition coefficient (Wildman–Crippen LogP) is 7.12. The number of hydrogen-bond acceptors (Lipinski definition) is 4. The van der Waals surface area contributed by atoms with Crippen molar-refractivity contribution in [2.24, 2.45) is 0 Å². The lowest BCUT2D eigenvalue weighted by molar-refractivity contribution is -0.112. The highest BCUT2D eigenvalue weighted by Crippen LogP contribution is 2.28. The molecule has 0 aliphatic carbocycles. The molecule has 33 heavy (non-hydrogen) atoms. The molecule has 0 aromatic heterocycles. The van der Waals surface area contributed by atoms with Crippen molar-refractivity contribution in [1.82, 2.24) is 0 Å². The Labute approximate surface area is 210 Å².